The van der Waals surface area contributed by atoms with Gasteiger partial charge in [-0.25, -0.2) is 12.4 Å². The lowest BCUT2D eigenvalue weighted by molar-refractivity contribution is 0.00578. The lowest BCUT2D eigenvalue weighted by atomic mass is 9.85. The molecule has 4 rings (SSSR count). The molecule has 0 amide bonds. The Bertz CT molecular complexity index is 1380. The van der Waals surface area contributed by atoms with E-state index in [0.717, 1.165) is 9.54 Å². The molecule has 0 aliphatic carbocycles. The van der Waals surface area contributed by atoms with Gasteiger partial charge < -0.3 is 13.9 Å². The Hall–Kier alpha value is -2.62. The van der Waals surface area contributed by atoms with Gasteiger partial charge in [-0.2, -0.15) is 0 Å². The maximum atomic E-state index is 13.9. The van der Waals surface area contributed by atoms with Crippen molar-refractivity contribution in [2.24, 2.45) is 7.05 Å². The Morgan fingerprint density at radius 3 is 2.16 bits per heavy atom. The zero-order valence-electron chi connectivity index (χ0n) is 19.2. The van der Waals surface area contributed by atoms with Crippen molar-refractivity contribution >= 4 is 39.7 Å². The molecule has 1 saturated heterocycles. The SMILES string of the molecule is C=Cc1cn(C)c(=O)c2c1cc(B1OC(C)(C)C(C)(C)O1)n2S(=O)(=O)c1ccc(C)cc1. The maximum absolute atomic E-state index is 13.9. The minimum absolute atomic E-state index is 0.0372. The molecule has 1 aliphatic rings. The van der Waals surface area contributed by atoms with Gasteiger partial charge in [0, 0.05) is 18.6 Å². The van der Waals surface area contributed by atoms with Gasteiger partial charge in [0.15, 0.2) is 0 Å². The lowest BCUT2D eigenvalue weighted by Gasteiger charge is -2.32. The van der Waals surface area contributed by atoms with Crippen molar-refractivity contribution in [1.29, 1.82) is 0 Å². The molecule has 2 aromatic heterocycles. The van der Waals surface area contributed by atoms with E-state index >= 15 is 0 Å². The van der Waals surface area contributed by atoms with Gasteiger partial charge in [-0.3, -0.25) is 4.79 Å². The first-order valence-electron chi connectivity index (χ1n) is 10.4. The number of fused-ring (bicyclic) bond motifs is 1. The molecule has 1 aromatic carbocycles. The molecule has 0 spiro atoms. The summed E-state index contributed by atoms with van der Waals surface area (Å²) in [6.07, 6.45) is 3.23. The van der Waals surface area contributed by atoms with Crippen LogP contribution in [0.2, 0.25) is 0 Å². The van der Waals surface area contributed by atoms with Gasteiger partial charge in [0.25, 0.3) is 15.6 Å². The normalized spacial score (nSPS) is 17.8. The number of nitrogens with zero attached hydrogens (tertiary/aromatic N) is 2. The molecule has 9 heteroatoms. The maximum Gasteiger partial charge on any atom is 0.513 e. The molecule has 0 unspecified atom stereocenters. The summed E-state index contributed by atoms with van der Waals surface area (Å²) in [5, 5.41) is 0.475. The quantitative estimate of drug-likeness (QED) is 0.567. The van der Waals surface area contributed by atoms with Crippen LogP contribution in [0.3, 0.4) is 0 Å². The topological polar surface area (TPSA) is 79.5 Å². The van der Waals surface area contributed by atoms with Crippen LogP contribution in [0.25, 0.3) is 17.0 Å². The average molecular weight is 454 g/mol. The van der Waals surface area contributed by atoms with Gasteiger partial charge in [-0.05, 0) is 58.4 Å². The molecule has 0 atom stereocenters. The van der Waals surface area contributed by atoms with Crippen LogP contribution < -0.4 is 11.2 Å². The third-order valence-electron chi connectivity index (χ3n) is 6.43. The monoisotopic (exact) mass is 454 g/mol. The van der Waals surface area contributed by atoms with Crippen molar-refractivity contribution in [3.8, 4) is 0 Å². The van der Waals surface area contributed by atoms with E-state index < -0.39 is 33.9 Å². The molecule has 0 bridgehead atoms. The van der Waals surface area contributed by atoms with Crippen LogP contribution in [0.1, 0.15) is 38.8 Å². The average Bonchev–Trinajstić information content (AvgIpc) is 3.21. The molecule has 1 fully saturated rings. The summed E-state index contributed by atoms with van der Waals surface area (Å²) in [5.41, 5.74) is 0.0392. The Morgan fingerprint density at radius 2 is 1.62 bits per heavy atom. The molecule has 7 nitrogen and oxygen atoms in total. The number of hydrogen-bond donors (Lipinski definition) is 0. The van der Waals surface area contributed by atoms with Crippen molar-refractivity contribution in [1.82, 2.24) is 8.54 Å². The fourth-order valence-electron chi connectivity index (χ4n) is 3.80. The second-order valence-electron chi connectivity index (χ2n) is 9.21. The second kappa shape index (κ2) is 7.20. The molecule has 1 aliphatic heterocycles. The summed E-state index contributed by atoms with van der Waals surface area (Å²) in [5.74, 6) is 0. The van der Waals surface area contributed by atoms with Gasteiger partial charge in [-0.15, -0.1) is 0 Å². The molecule has 0 saturated carbocycles. The number of aryl methyl sites for hydroxylation is 2. The van der Waals surface area contributed by atoms with Crippen LogP contribution in [0.4, 0.5) is 0 Å². The fraction of sp³-hybridized carbons (Fsp3) is 0.348. The summed E-state index contributed by atoms with van der Waals surface area (Å²) in [6.45, 7) is 13.3. The summed E-state index contributed by atoms with van der Waals surface area (Å²) in [4.78, 5) is 13.3. The number of rotatable bonds is 4. The van der Waals surface area contributed by atoms with E-state index in [9.17, 15) is 13.2 Å². The molecule has 168 valence electrons. The molecule has 32 heavy (non-hydrogen) atoms. The van der Waals surface area contributed by atoms with E-state index in [0.29, 0.717) is 10.9 Å². The van der Waals surface area contributed by atoms with Crippen molar-refractivity contribution in [3.63, 3.8) is 0 Å². The molecule has 3 heterocycles. The van der Waals surface area contributed by atoms with Crippen molar-refractivity contribution in [2.45, 2.75) is 50.7 Å². The second-order valence-corrected chi connectivity index (χ2v) is 11.0. The smallest absolute Gasteiger partial charge is 0.398 e. The number of hydrogen-bond acceptors (Lipinski definition) is 5. The minimum atomic E-state index is -4.14. The van der Waals surface area contributed by atoms with Crippen molar-refractivity contribution < 1.29 is 17.7 Å². The number of benzene rings is 1. The van der Waals surface area contributed by atoms with E-state index in [1.807, 2.05) is 34.6 Å². The van der Waals surface area contributed by atoms with Gasteiger partial charge >= 0.3 is 7.12 Å². The van der Waals surface area contributed by atoms with Crippen LogP contribution in [0, 0.1) is 6.92 Å². The molecule has 0 N–H and O–H groups in total. The van der Waals surface area contributed by atoms with Gasteiger partial charge in [0.05, 0.1) is 21.7 Å². The van der Waals surface area contributed by atoms with Gasteiger partial charge in [-0.1, -0.05) is 30.4 Å². The first kappa shape index (κ1) is 22.6. The van der Waals surface area contributed by atoms with E-state index in [-0.39, 0.29) is 16.0 Å². The molecule has 3 aromatic rings. The zero-order chi connectivity index (χ0) is 23.6. The van der Waals surface area contributed by atoms with Gasteiger partial charge in [0.1, 0.15) is 5.52 Å². The summed E-state index contributed by atoms with van der Waals surface area (Å²) in [6, 6.07) is 8.17. The summed E-state index contributed by atoms with van der Waals surface area (Å²) in [7, 11) is -3.53. The Morgan fingerprint density at radius 1 is 1.06 bits per heavy atom. The van der Waals surface area contributed by atoms with Crippen LogP contribution in [0.15, 0.2) is 52.8 Å². The zero-order valence-corrected chi connectivity index (χ0v) is 20.0. The Kier molecular flexibility index (Phi) is 5.08. The third-order valence-corrected chi connectivity index (χ3v) is 8.17. The molecular weight excluding hydrogens is 427 g/mol. The van der Waals surface area contributed by atoms with E-state index in [1.165, 1.54) is 16.7 Å². The van der Waals surface area contributed by atoms with E-state index in [2.05, 4.69) is 6.58 Å². The van der Waals surface area contributed by atoms with Crippen molar-refractivity contribution in [3.05, 3.63) is 64.6 Å². The van der Waals surface area contributed by atoms with Crippen LogP contribution in [-0.4, -0.2) is 35.3 Å². The predicted octanol–water partition coefficient (Wildman–Crippen LogP) is 2.83. The lowest BCUT2D eigenvalue weighted by Crippen LogP contribution is -2.42. The molecular formula is C23H27BN2O5S. The highest BCUT2D eigenvalue weighted by Gasteiger charge is 2.53. The van der Waals surface area contributed by atoms with Gasteiger partial charge in [0.2, 0.25) is 0 Å². The van der Waals surface area contributed by atoms with Crippen LogP contribution in [0.5, 0.6) is 0 Å². The van der Waals surface area contributed by atoms with Crippen LogP contribution in [-0.2, 0) is 26.4 Å². The first-order chi connectivity index (χ1) is 14.8. The Labute approximate surface area is 188 Å². The summed E-state index contributed by atoms with van der Waals surface area (Å²) < 4.78 is 42.5. The van der Waals surface area contributed by atoms with Crippen LogP contribution >= 0.6 is 0 Å². The highest BCUT2D eigenvalue weighted by atomic mass is 32.2. The third kappa shape index (κ3) is 3.27. The highest BCUT2D eigenvalue weighted by molar-refractivity contribution is 7.90. The van der Waals surface area contributed by atoms with E-state index in [1.54, 1.807) is 37.5 Å². The largest absolute Gasteiger partial charge is 0.513 e. The molecule has 0 radical (unpaired) electrons. The fourth-order valence-corrected chi connectivity index (χ4v) is 5.33. The Balaban J connectivity index is 2.09. The van der Waals surface area contributed by atoms with Crippen molar-refractivity contribution in [2.75, 3.05) is 0 Å². The highest BCUT2D eigenvalue weighted by Crippen LogP contribution is 2.37. The number of pyridine rings is 1. The first-order valence-corrected chi connectivity index (χ1v) is 11.8. The minimum Gasteiger partial charge on any atom is -0.398 e. The standard InChI is InChI=1S/C23H27BN2O5S/c1-8-16-14-25(7)21(27)20-18(16)13-19(24-30-22(3,4)23(5,6)31-24)26(20)32(28,29)17-11-9-15(2)10-12-17/h8-14H,1H2,2-7H3. The van der Waals surface area contributed by atoms with E-state index in [4.69, 9.17) is 9.31 Å². The predicted molar refractivity (Wildman–Crippen MR) is 127 cm³/mol. The number of aromatic nitrogens is 2. The summed E-state index contributed by atoms with van der Waals surface area (Å²) >= 11 is 0.